The first-order valence-electron chi connectivity index (χ1n) is 18.8. The molecule has 0 spiro atoms. The van der Waals surface area contributed by atoms with E-state index in [0.29, 0.717) is 0 Å². The van der Waals surface area contributed by atoms with Crippen LogP contribution in [0.4, 0.5) is 17.1 Å². The molecule has 0 aliphatic heterocycles. The van der Waals surface area contributed by atoms with Gasteiger partial charge in [-0.3, -0.25) is 0 Å². The highest BCUT2D eigenvalue weighted by Gasteiger charge is 2.35. The Morgan fingerprint density at radius 2 is 0.667 bits per heavy atom. The molecule has 0 saturated heterocycles. The molecule has 0 N–H and O–H groups in total. The number of anilines is 3. The summed E-state index contributed by atoms with van der Waals surface area (Å²) in [6, 6.07) is 73.4. The number of hydrogen-bond donors (Lipinski definition) is 0. The molecule has 9 aromatic rings. The third-order valence-electron chi connectivity index (χ3n) is 11.5. The molecule has 54 heavy (non-hydrogen) atoms. The third-order valence-corrected chi connectivity index (χ3v) is 11.5. The van der Waals surface area contributed by atoms with Gasteiger partial charge in [-0.15, -0.1) is 0 Å². The van der Waals surface area contributed by atoms with Gasteiger partial charge in [0.2, 0.25) is 0 Å². The van der Waals surface area contributed by atoms with Crippen molar-refractivity contribution in [1.29, 1.82) is 0 Å². The second kappa shape index (κ2) is 12.8. The van der Waals surface area contributed by atoms with Crippen LogP contribution in [0.5, 0.6) is 0 Å². The molecule has 0 fully saturated rings. The Morgan fingerprint density at radius 3 is 1.17 bits per heavy atom. The zero-order valence-electron chi connectivity index (χ0n) is 30.5. The second-order valence-electron chi connectivity index (χ2n) is 15.0. The van der Waals surface area contributed by atoms with E-state index in [9.17, 15) is 0 Å². The molecule has 0 unspecified atom stereocenters. The summed E-state index contributed by atoms with van der Waals surface area (Å²) in [4.78, 5) is 2.36. The maximum atomic E-state index is 2.40. The van der Waals surface area contributed by atoms with Gasteiger partial charge in [0, 0.05) is 22.5 Å². The molecule has 256 valence electrons. The highest BCUT2D eigenvalue weighted by Crippen LogP contribution is 2.49. The van der Waals surface area contributed by atoms with E-state index in [-0.39, 0.29) is 5.41 Å². The number of fused-ring (bicyclic) bond motifs is 5. The Kier molecular flexibility index (Phi) is 7.56. The summed E-state index contributed by atoms with van der Waals surface area (Å²) in [7, 11) is 0. The van der Waals surface area contributed by atoms with Crippen LogP contribution in [0.3, 0.4) is 0 Å². The fraction of sp³-hybridized carbons (Fsp3) is 0.0566. The SMILES string of the molecule is CC1(C)c2ccccc2-c2ccc(-c3ccc(N(c4ccc(-c5ccc6ccccc6c5)cc4)c4ccc(-c5ccc6ccccc6c5)cc4)cc3)cc21. The minimum absolute atomic E-state index is 0.0311. The van der Waals surface area contributed by atoms with Gasteiger partial charge < -0.3 is 4.90 Å². The van der Waals surface area contributed by atoms with Crippen LogP contribution in [-0.4, -0.2) is 0 Å². The van der Waals surface area contributed by atoms with Gasteiger partial charge in [0.25, 0.3) is 0 Å². The summed E-state index contributed by atoms with van der Waals surface area (Å²) in [6.45, 7) is 4.69. The summed E-state index contributed by atoms with van der Waals surface area (Å²) in [5.41, 5.74) is 16.1. The van der Waals surface area contributed by atoms with Crippen LogP contribution in [0, 0.1) is 0 Å². The number of rotatable bonds is 6. The van der Waals surface area contributed by atoms with Gasteiger partial charge in [-0.25, -0.2) is 0 Å². The molecular weight excluding hydrogens is 651 g/mol. The van der Waals surface area contributed by atoms with Gasteiger partial charge >= 0.3 is 0 Å². The molecule has 0 bridgehead atoms. The van der Waals surface area contributed by atoms with Crippen molar-refractivity contribution in [3.63, 3.8) is 0 Å². The number of hydrogen-bond acceptors (Lipinski definition) is 1. The first-order valence-corrected chi connectivity index (χ1v) is 18.8. The molecule has 9 aromatic carbocycles. The molecule has 0 heterocycles. The van der Waals surface area contributed by atoms with Crippen LogP contribution in [0.15, 0.2) is 200 Å². The van der Waals surface area contributed by atoms with Crippen LogP contribution in [0.1, 0.15) is 25.0 Å². The molecule has 0 saturated carbocycles. The standard InChI is InChI=1S/C53H39N/c1-53(2)51-14-8-7-13-49(51)50-32-25-45(35-52(50)53)40-23-30-48(31-24-40)54(46-26-19-38(20-27-46)43-17-15-36-9-3-5-11-41(36)33-43)47-28-21-39(22-29-47)44-18-16-37-10-4-6-12-42(37)34-44/h3-35H,1-2H3. The van der Waals surface area contributed by atoms with E-state index in [4.69, 9.17) is 0 Å². The zero-order chi connectivity index (χ0) is 36.2. The van der Waals surface area contributed by atoms with E-state index in [1.54, 1.807) is 0 Å². The van der Waals surface area contributed by atoms with E-state index in [0.717, 1.165) is 17.1 Å². The van der Waals surface area contributed by atoms with Crippen LogP contribution in [0.2, 0.25) is 0 Å². The topological polar surface area (TPSA) is 3.24 Å². The third kappa shape index (κ3) is 5.49. The molecule has 1 heteroatoms. The van der Waals surface area contributed by atoms with Gasteiger partial charge in [-0.05, 0) is 132 Å². The van der Waals surface area contributed by atoms with Crippen LogP contribution in [0.25, 0.3) is 66.1 Å². The van der Waals surface area contributed by atoms with Crippen molar-refractivity contribution >= 4 is 38.6 Å². The van der Waals surface area contributed by atoms with Crippen molar-refractivity contribution in [1.82, 2.24) is 0 Å². The van der Waals surface area contributed by atoms with Crippen molar-refractivity contribution < 1.29 is 0 Å². The van der Waals surface area contributed by atoms with Crippen molar-refractivity contribution in [2.45, 2.75) is 19.3 Å². The molecule has 1 aliphatic carbocycles. The Bertz CT molecular complexity index is 2700. The average Bonchev–Trinajstić information content (AvgIpc) is 3.46. The highest BCUT2D eigenvalue weighted by atomic mass is 15.1. The summed E-state index contributed by atoms with van der Waals surface area (Å²) in [5, 5.41) is 5.02. The minimum Gasteiger partial charge on any atom is -0.311 e. The normalized spacial score (nSPS) is 12.8. The Balaban J connectivity index is 1.01. The highest BCUT2D eigenvalue weighted by molar-refractivity contribution is 5.90. The van der Waals surface area contributed by atoms with E-state index >= 15 is 0 Å². The lowest BCUT2D eigenvalue weighted by atomic mass is 9.81. The maximum Gasteiger partial charge on any atom is 0.0462 e. The fourth-order valence-electron chi connectivity index (χ4n) is 8.48. The lowest BCUT2D eigenvalue weighted by Gasteiger charge is -2.26. The van der Waals surface area contributed by atoms with Crippen molar-refractivity contribution in [3.8, 4) is 44.5 Å². The molecule has 0 atom stereocenters. The predicted molar refractivity (Wildman–Crippen MR) is 230 cm³/mol. The molecule has 1 nitrogen and oxygen atoms in total. The fourth-order valence-corrected chi connectivity index (χ4v) is 8.48. The zero-order valence-corrected chi connectivity index (χ0v) is 30.5. The van der Waals surface area contributed by atoms with Gasteiger partial charge in [-0.2, -0.15) is 0 Å². The van der Waals surface area contributed by atoms with Gasteiger partial charge in [-0.1, -0.05) is 159 Å². The monoisotopic (exact) mass is 689 g/mol. The molecule has 1 aliphatic rings. The van der Waals surface area contributed by atoms with Crippen molar-refractivity contribution in [2.75, 3.05) is 4.90 Å². The lowest BCUT2D eigenvalue weighted by Crippen LogP contribution is -2.14. The van der Waals surface area contributed by atoms with Gasteiger partial charge in [0.1, 0.15) is 0 Å². The summed E-state index contributed by atoms with van der Waals surface area (Å²) in [6.07, 6.45) is 0. The number of benzene rings is 9. The smallest absolute Gasteiger partial charge is 0.0462 e. The number of nitrogens with zero attached hydrogens (tertiary/aromatic N) is 1. The molecule has 0 radical (unpaired) electrons. The molecule has 0 amide bonds. The second-order valence-corrected chi connectivity index (χ2v) is 15.0. The summed E-state index contributed by atoms with van der Waals surface area (Å²) in [5.74, 6) is 0. The van der Waals surface area contributed by atoms with Crippen LogP contribution >= 0.6 is 0 Å². The Labute approximate surface area is 317 Å². The largest absolute Gasteiger partial charge is 0.311 e. The summed E-state index contributed by atoms with van der Waals surface area (Å²) < 4.78 is 0. The minimum atomic E-state index is -0.0311. The molecule has 0 aromatic heterocycles. The van der Waals surface area contributed by atoms with Crippen molar-refractivity contribution in [2.24, 2.45) is 0 Å². The van der Waals surface area contributed by atoms with E-state index in [2.05, 4.69) is 219 Å². The maximum absolute atomic E-state index is 2.40. The Hall–Kier alpha value is -6.70. The average molecular weight is 690 g/mol. The molecular formula is C53H39N. The first kappa shape index (κ1) is 32.0. The lowest BCUT2D eigenvalue weighted by molar-refractivity contribution is 0.660. The van der Waals surface area contributed by atoms with Crippen LogP contribution in [-0.2, 0) is 5.41 Å². The quantitative estimate of drug-likeness (QED) is 0.168. The van der Waals surface area contributed by atoms with Crippen molar-refractivity contribution in [3.05, 3.63) is 211 Å². The first-order chi connectivity index (χ1) is 26.5. The Morgan fingerprint density at radius 1 is 0.296 bits per heavy atom. The van der Waals surface area contributed by atoms with E-state index in [1.165, 1.54) is 77.2 Å². The van der Waals surface area contributed by atoms with Crippen LogP contribution < -0.4 is 4.90 Å². The van der Waals surface area contributed by atoms with E-state index < -0.39 is 0 Å². The predicted octanol–water partition coefficient (Wildman–Crippen LogP) is 14.8. The van der Waals surface area contributed by atoms with Gasteiger partial charge in [0.15, 0.2) is 0 Å². The van der Waals surface area contributed by atoms with E-state index in [1.807, 2.05) is 0 Å². The van der Waals surface area contributed by atoms with Gasteiger partial charge in [0.05, 0.1) is 0 Å². The molecule has 10 rings (SSSR count). The summed E-state index contributed by atoms with van der Waals surface area (Å²) >= 11 is 0.